The molecule has 0 bridgehead atoms. The van der Waals surface area contributed by atoms with Crippen LogP contribution >= 0.6 is 0 Å². The molecule has 0 spiro atoms. The van der Waals surface area contributed by atoms with E-state index in [0.717, 1.165) is 18.7 Å². The first-order chi connectivity index (χ1) is 7.36. The molecule has 2 rings (SSSR count). The van der Waals surface area contributed by atoms with Crippen molar-refractivity contribution in [1.29, 1.82) is 0 Å². The fourth-order valence-corrected chi connectivity index (χ4v) is 1.97. The molecular formula is C11H13N3O. The van der Waals surface area contributed by atoms with Gasteiger partial charge in [0.2, 0.25) is 11.9 Å². The Bertz CT molecular complexity index is 386. The Balaban J connectivity index is 2.32. The van der Waals surface area contributed by atoms with Crippen molar-refractivity contribution in [3.63, 3.8) is 0 Å². The molecule has 78 valence electrons. The summed E-state index contributed by atoms with van der Waals surface area (Å²) in [5.41, 5.74) is 1.03. The third-order valence-electron chi connectivity index (χ3n) is 2.74. The lowest BCUT2D eigenvalue weighted by molar-refractivity contribution is 0.388. The minimum absolute atomic E-state index is 0.00287. The summed E-state index contributed by atoms with van der Waals surface area (Å²) in [4.78, 5) is 7.78. The van der Waals surface area contributed by atoms with E-state index in [9.17, 15) is 0 Å². The summed E-state index contributed by atoms with van der Waals surface area (Å²) in [7, 11) is 1.61. The summed E-state index contributed by atoms with van der Waals surface area (Å²) in [6, 6.07) is 3.88. The van der Waals surface area contributed by atoms with E-state index in [1.807, 2.05) is 12.1 Å². The van der Waals surface area contributed by atoms with E-state index < -0.39 is 0 Å². The van der Waals surface area contributed by atoms with Crippen LogP contribution in [-0.2, 0) is 0 Å². The standard InChI is InChI=1S/C11H13N3O/c1-12-10-7-13-6-9(10)8-4-3-5-14-11(8)15-2/h3-5,9-10,13H,6-7H2,2H3/t9?,10-/m1/s1. The second kappa shape index (κ2) is 4.28. The first-order valence-corrected chi connectivity index (χ1v) is 4.93. The molecule has 4 nitrogen and oxygen atoms in total. The van der Waals surface area contributed by atoms with E-state index in [1.54, 1.807) is 13.3 Å². The lowest BCUT2D eigenvalue weighted by atomic mass is 9.96. The van der Waals surface area contributed by atoms with Crippen molar-refractivity contribution in [2.24, 2.45) is 0 Å². The Kier molecular flexibility index (Phi) is 2.84. The van der Waals surface area contributed by atoms with Crippen molar-refractivity contribution in [2.45, 2.75) is 12.0 Å². The van der Waals surface area contributed by atoms with Gasteiger partial charge in [0.15, 0.2) is 0 Å². The van der Waals surface area contributed by atoms with Gasteiger partial charge >= 0.3 is 0 Å². The number of aromatic nitrogens is 1. The summed E-state index contributed by atoms with van der Waals surface area (Å²) >= 11 is 0. The zero-order valence-electron chi connectivity index (χ0n) is 8.60. The predicted molar refractivity (Wildman–Crippen MR) is 56.8 cm³/mol. The van der Waals surface area contributed by atoms with Gasteiger partial charge in [-0.2, -0.15) is 0 Å². The number of methoxy groups -OCH3 is 1. The fraction of sp³-hybridized carbons (Fsp3) is 0.455. The average molecular weight is 203 g/mol. The molecule has 0 aliphatic carbocycles. The second-order valence-electron chi connectivity index (χ2n) is 3.56. The van der Waals surface area contributed by atoms with Crippen LogP contribution in [0.15, 0.2) is 18.3 Å². The van der Waals surface area contributed by atoms with Gasteiger partial charge in [-0.05, 0) is 6.07 Å². The molecule has 15 heavy (non-hydrogen) atoms. The van der Waals surface area contributed by atoms with Crippen molar-refractivity contribution in [1.82, 2.24) is 10.3 Å². The van der Waals surface area contributed by atoms with Gasteiger partial charge in [0.05, 0.1) is 19.6 Å². The summed E-state index contributed by atoms with van der Waals surface area (Å²) < 4.78 is 5.21. The molecule has 1 unspecified atom stereocenters. The normalized spacial score (nSPS) is 24.8. The van der Waals surface area contributed by atoms with Gasteiger partial charge in [-0.3, -0.25) is 0 Å². The first kappa shape index (κ1) is 9.94. The van der Waals surface area contributed by atoms with Crippen LogP contribution in [0, 0.1) is 6.57 Å². The van der Waals surface area contributed by atoms with Crippen LogP contribution in [-0.4, -0.2) is 31.2 Å². The molecule has 0 amide bonds. The van der Waals surface area contributed by atoms with Gasteiger partial charge in [0.1, 0.15) is 0 Å². The fourth-order valence-electron chi connectivity index (χ4n) is 1.97. The van der Waals surface area contributed by atoms with Crippen molar-refractivity contribution < 1.29 is 4.74 Å². The number of rotatable bonds is 2. The first-order valence-electron chi connectivity index (χ1n) is 4.93. The molecule has 1 aliphatic rings. The molecule has 1 fully saturated rings. The zero-order chi connectivity index (χ0) is 10.7. The quantitative estimate of drug-likeness (QED) is 0.730. The van der Waals surface area contributed by atoms with Crippen molar-refractivity contribution in [3.05, 3.63) is 35.3 Å². The number of nitrogens with zero attached hydrogens (tertiary/aromatic N) is 2. The lowest BCUT2D eigenvalue weighted by Gasteiger charge is -2.12. The highest BCUT2D eigenvalue weighted by Crippen LogP contribution is 2.30. The van der Waals surface area contributed by atoms with Gasteiger partial charge in [0, 0.05) is 18.3 Å². The van der Waals surface area contributed by atoms with Gasteiger partial charge < -0.3 is 14.9 Å². The van der Waals surface area contributed by atoms with Crippen LogP contribution in [0.5, 0.6) is 5.88 Å². The summed E-state index contributed by atoms with van der Waals surface area (Å²) in [6.07, 6.45) is 1.71. The Labute approximate surface area is 89.1 Å². The molecule has 2 heterocycles. The van der Waals surface area contributed by atoms with Crippen LogP contribution in [0.1, 0.15) is 11.5 Å². The third-order valence-corrected chi connectivity index (χ3v) is 2.74. The van der Waals surface area contributed by atoms with Gasteiger partial charge in [-0.25, -0.2) is 11.6 Å². The molecule has 1 saturated heterocycles. The van der Waals surface area contributed by atoms with Crippen molar-refractivity contribution >= 4 is 0 Å². The van der Waals surface area contributed by atoms with Crippen LogP contribution in [0.3, 0.4) is 0 Å². The number of ether oxygens (including phenoxy) is 1. The van der Waals surface area contributed by atoms with Crippen LogP contribution < -0.4 is 10.1 Å². The minimum atomic E-state index is 0.00287. The largest absolute Gasteiger partial charge is 0.481 e. The highest BCUT2D eigenvalue weighted by atomic mass is 16.5. The topological polar surface area (TPSA) is 38.5 Å². The van der Waals surface area contributed by atoms with E-state index in [0.29, 0.717) is 5.88 Å². The van der Waals surface area contributed by atoms with E-state index in [-0.39, 0.29) is 12.0 Å². The lowest BCUT2D eigenvalue weighted by Crippen LogP contribution is -2.13. The molecule has 4 heteroatoms. The number of hydrogen-bond donors (Lipinski definition) is 1. The van der Waals surface area contributed by atoms with Crippen LogP contribution in [0.25, 0.3) is 4.85 Å². The minimum Gasteiger partial charge on any atom is -0.481 e. The van der Waals surface area contributed by atoms with Crippen LogP contribution in [0.2, 0.25) is 0 Å². The molecule has 2 atom stereocenters. The average Bonchev–Trinajstić information content (AvgIpc) is 2.76. The second-order valence-corrected chi connectivity index (χ2v) is 3.56. The highest BCUT2D eigenvalue weighted by Gasteiger charge is 2.35. The summed E-state index contributed by atoms with van der Waals surface area (Å²) in [6.45, 7) is 8.72. The molecular weight excluding hydrogens is 190 g/mol. The Morgan fingerprint density at radius 3 is 3.20 bits per heavy atom. The maximum atomic E-state index is 7.13. The smallest absolute Gasteiger partial charge is 0.244 e. The van der Waals surface area contributed by atoms with Gasteiger partial charge in [-0.15, -0.1) is 0 Å². The molecule has 0 saturated carbocycles. The Morgan fingerprint density at radius 1 is 1.60 bits per heavy atom. The third kappa shape index (κ3) is 1.79. The SMILES string of the molecule is [C-]#[N+][C@@H]1CNCC1c1cccnc1OC. The number of nitrogens with one attached hydrogen (secondary N) is 1. The number of hydrogen-bond acceptors (Lipinski definition) is 3. The molecule has 0 aromatic carbocycles. The van der Waals surface area contributed by atoms with Gasteiger partial charge in [-0.1, -0.05) is 6.07 Å². The van der Waals surface area contributed by atoms with Crippen LogP contribution in [0.4, 0.5) is 0 Å². The van der Waals surface area contributed by atoms with Gasteiger partial charge in [0.25, 0.3) is 0 Å². The van der Waals surface area contributed by atoms with Crippen molar-refractivity contribution in [2.75, 3.05) is 20.2 Å². The monoisotopic (exact) mass is 203 g/mol. The van der Waals surface area contributed by atoms with E-state index >= 15 is 0 Å². The zero-order valence-corrected chi connectivity index (χ0v) is 8.60. The highest BCUT2D eigenvalue weighted by molar-refractivity contribution is 5.33. The van der Waals surface area contributed by atoms with E-state index in [4.69, 9.17) is 11.3 Å². The Morgan fingerprint density at radius 2 is 2.47 bits per heavy atom. The van der Waals surface area contributed by atoms with Crippen molar-refractivity contribution in [3.8, 4) is 5.88 Å². The van der Waals surface area contributed by atoms with E-state index in [2.05, 4.69) is 15.1 Å². The molecule has 1 aromatic heterocycles. The summed E-state index contributed by atoms with van der Waals surface area (Å²) in [5, 5.41) is 3.23. The molecule has 1 aliphatic heterocycles. The summed E-state index contributed by atoms with van der Waals surface area (Å²) in [5.74, 6) is 0.839. The maximum absolute atomic E-state index is 7.13. The number of pyridine rings is 1. The Hall–Kier alpha value is -1.60. The molecule has 0 radical (unpaired) electrons. The maximum Gasteiger partial charge on any atom is 0.244 e. The predicted octanol–water partition coefficient (Wildman–Crippen LogP) is 1.06. The molecule has 1 aromatic rings. The van der Waals surface area contributed by atoms with E-state index in [1.165, 1.54) is 0 Å². The molecule has 1 N–H and O–H groups in total.